The van der Waals surface area contributed by atoms with Gasteiger partial charge in [-0.2, -0.15) is 0 Å². The van der Waals surface area contributed by atoms with Gasteiger partial charge in [-0.05, 0) is 0 Å². The molecule has 1 rings (SSSR count). The van der Waals surface area contributed by atoms with E-state index in [9.17, 15) is 20.4 Å². The Labute approximate surface area is 184 Å². The van der Waals surface area contributed by atoms with Gasteiger partial charge in [-0.3, -0.25) is 9.80 Å². The van der Waals surface area contributed by atoms with E-state index in [0.717, 1.165) is 65.4 Å². The molecule has 180 valence electrons. The highest BCUT2D eigenvalue weighted by Gasteiger charge is 2.25. The summed E-state index contributed by atoms with van der Waals surface area (Å²) in [5.74, 6) is 0. The van der Waals surface area contributed by atoms with Crippen molar-refractivity contribution < 1.29 is 20.4 Å². The summed E-state index contributed by atoms with van der Waals surface area (Å²) in [6.07, 6.45) is 0. The Balaban J connectivity index is 2.93. The molecule has 0 aromatic carbocycles. The van der Waals surface area contributed by atoms with E-state index in [2.05, 4.69) is 47.3 Å². The van der Waals surface area contributed by atoms with Crippen LogP contribution in [0.25, 0.3) is 0 Å². The van der Waals surface area contributed by atoms with E-state index in [1.807, 2.05) is 0 Å². The van der Waals surface area contributed by atoms with Crippen LogP contribution < -0.4 is 0 Å². The topological polar surface area (TPSA) is 93.9 Å². The standard InChI is InChI=1S/C22H48N4O4/c1-21(2,19-29)17-25-9-7-23(13-15-27)5-6-24(14-16-28)8-10-26(12-11-25)18-22(3,4)20-30/h27-30H,5-20H2,1-4H3. The van der Waals surface area contributed by atoms with Crippen molar-refractivity contribution in [2.45, 2.75) is 27.7 Å². The second kappa shape index (κ2) is 14.0. The molecule has 0 bridgehead atoms. The van der Waals surface area contributed by atoms with Crippen molar-refractivity contribution in [2.24, 2.45) is 10.8 Å². The molecule has 0 aromatic heterocycles. The first-order chi connectivity index (χ1) is 14.1. The molecular weight excluding hydrogens is 384 g/mol. The Hall–Kier alpha value is -0.320. The van der Waals surface area contributed by atoms with Crippen LogP contribution >= 0.6 is 0 Å². The van der Waals surface area contributed by atoms with Crippen LogP contribution in [0.3, 0.4) is 0 Å². The van der Waals surface area contributed by atoms with Gasteiger partial charge >= 0.3 is 0 Å². The first kappa shape index (κ1) is 27.7. The number of β-amino-alcohol motifs (C(OH)–C–C–N with tert-alkyl or cyclic N) is 2. The third-order valence-corrected chi connectivity index (χ3v) is 5.92. The molecule has 1 saturated heterocycles. The average Bonchev–Trinajstić information content (AvgIpc) is 2.69. The fourth-order valence-corrected chi connectivity index (χ4v) is 3.94. The lowest BCUT2D eigenvalue weighted by atomic mass is 9.93. The van der Waals surface area contributed by atoms with Gasteiger partial charge in [-0.25, -0.2) is 0 Å². The van der Waals surface area contributed by atoms with E-state index in [0.29, 0.717) is 13.1 Å². The van der Waals surface area contributed by atoms with Crippen LogP contribution in [0.1, 0.15) is 27.7 Å². The van der Waals surface area contributed by atoms with Gasteiger partial charge in [0, 0.05) is 103 Å². The Bertz CT molecular complexity index is 411. The molecule has 0 amide bonds. The molecule has 8 heteroatoms. The summed E-state index contributed by atoms with van der Waals surface area (Å²) in [5.41, 5.74) is -0.321. The molecule has 0 aromatic rings. The monoisotopic (exact) mass is 432 g/mol. The smallest absolute Gasteiger partial charge is 0.0558 e. The maximum absolute atomic E-state index is 9.75. The summed E-state index contributed by atoms with van der Waals surface area (Å²) in [5, 5.41) is 38.4. The minimum atomic E-state index is -0.161. The zero-order chi connectivity index (χ0) is 22.6. The van der Waals surface area contributed by atoms with Crippen molar-refractivity contribution in [2.75, 3.05) is 105 Å². The normalized spacial score (nSPS) is 20.8. The molecule has 0 aliphatic carbocycles. The van der Waals surface area contributed by atoms with Crippen LogP contribution in [0.15, 0.2) is 0 Å². The molecule has 0 unspecified atom stereocenters. The number of aliphatic hydroxyl groups excluding tert-OH is 4. The number of rotatable bonds is 10. The van der Waals surface area contributed by atoms with Crippen molar-refractivity contribution in [1.82, 2.24) is 19.6 Å². The van der Waals surface area contributed by atoms with Gasteiger partial charge in [0.05, 0.1) is 13.2 Å². The number of hydrogen-bond donors (Lipinski definition) is 4. The molecule has 1 fully saturated rings. The molecular formula is C22H48N4O4. The third kappa shape index (κ3) is 11.3. The van der Waals surface area contributed by atoms with Crippen LogP contribution in [0.5, 0.6) is 0 Å². The summed E-state index contributed by atoms with van der Waals surface area (Å²) in [4.78, 5) is 9.43. The highest BCUT2D eigenvalue weighted by atomic mass is 16.3. The van der Waals surface area contributed by atoms with E-state index < -0.39 is 0 Å². The molecule has 0 spiro atoms. The SMILES string of the molecule is CC(C)(CO)CN1CCN(CCO)CCN(CCO)CCN(CC(C)(C)CO)CC1. The van der Waals surface area contributed by atoms with Crippen LogP contribution in [0.4, 0.5) is 0 Å². The summed E-state index contributed by atoms with van der Waals surface area (Å²) in [6.45, 7) is 19.0. The molecule has 1 heterocycles. The quantitative estimate of drug-likeness (QED) is 0.358. The fraction of sp³-hybridized carbons (Fsp3) is 1.00. The average molecular weight is 433 g/mol. The summed E-state index contributed by atoms with van der Waals surface area (Å²) < 4.78 is 0. The molecule has 4 N–H and O–H groups in total. The Morgan fingerprint density at radius 1 is 0.500 bits per heavy atom. The Morgan fingerprint density at radius 3 is 1.00 bits per heavy atom. The van der Waals surface area contributed by atoms with Gasteiger partial charge in [0.2, 0.25) is 0 Å². The molecule has 1 aliphatic heterocycles. The van der Waals surface area contributed by atoms with Crippen molar-refractivity contribution >= 4 is 0 Å². The van der Waals surface area contributed by atoms with E-state index in [1.54, 1.807) is 0 Å². The first-order valence-corrected chi connectivity index (χ1v) is 11.5. The molecule has 1 aliphatic rings. The molecule has 0 saturated carbocycles. The predicted molar refractivity (Wildman–Crippen MR) is 122 cm³/mol. The number of nitrogens with zero attached hydrogens (tertiary/aromatic N) is 4. The predicted octanol–water partition coefficient (Wildman–Crippen LogP) is -0.770. The molecule has 30 heavy (non-hydrogen) atoms. The van der Waals surface area contributed by atoms with E-state index in [-0.39, 0.29) is 37.3 Å². The zero-order valence-corrected chi connectivity index (χ0v) is 19.9. The van der Waals surface area contributed by atoms with Gasteiger partial charge in [-0.15, -0.1) is 0 Å². The van der Waals surface area contributed by atoms with Gasteiger partial charge in [0.15, 0.2) is 0 Å². The molecule has 0 radical (unpaired) electrons. The van der Waals surface area contributed by atoms with Crippen LogP contribution in [-0.2, 0) is 0 Å². The second-order valence-corrected chi connectivity index (χ2v) is 10.3. The number of aliphatic hydroxyl groups is 4. The summed E-state index contributed by atoms with van der Waals surface area (Å²) in [6, 6.07) is 0. The van der Waals surface area contributed by atoms with Crippen molar-refractivity contribution in [3.05, 3.63) is 0 Å². The highest BCUT2D eigenvalue weighted by molar-refractivity contribution is 4.79. The summed E-state index contributed by atoms with van der Waals surface area (Å²) >= 11 is 0. The second-order valence-electron chi connectivity index (χ2n) is 10.3. The zero-order valence-electron chi connectivity index (χ0n) is 19.9. The van der Waals surface area contributed by atoms with Gasteiger partial charge in [-0.1, -0.05) is 27.7 Å². The first-order valence-electron chi connectivity index (χ1n) is 11.5. The maximum Gasteiger partial charge on any atom is 0.0558 e. The lowest BCUT2D eigenvalue weighted by molar-refractivity contribution is 0.0579. The van der Waals surface area contributed by atoms with Crippen LogP contribution in [-0.4, -0.2) is 145 Å². The van der Waals surface area contributed by atoms with Gasteiger partial charge in [0.25, 0.3) is 0 Å². The van der Waals surface area contributed by atoms with Crippen molar-refractivity contribution in [3.8, 4) is 0 Å². The molecule has 0 atom stereocenters. The fourth-order valence-electron chi connectivity index (χ4n) is 3.94. The number of hydrogen-bond acceptors (Lipinski definition) is 8. The third-order valence-electron chi connectivity index (χ3n) is 5.92. The highest BCUT2D eigenvalue weighted by Crippen LogP contribution is 2.18. The maximum atomic E-state index is 9.75. The lowest BCUT2D eigenvalue weighted by Crippen LogP contribution is -2.50. The summed E-state index contributed by atoms with van der Waals surface area (Å²) in [7, 11) is 0. The van der Waals surface area contributed by atoms with E-state index in [1.165, 1.54) is 0 Å². The van der Waals surface area contributed by atoms with E-state index >= 15 is 0 Å². The van der Waals surface area contributed by atoms with Gasteiger partial charge in [0.1, 0.15) is 0 Å². The minimum absolute atomic E-state index is 0.145. The van der Waals surface area contributed by atoms with E-state index in [4.69, 9.17) is 0 Å². The van der Waals surface area contributed by atoms with Crippen LogP contribution in [0, 0.1) is 10.8 Å². The van der Waals surface area contributed by atoms with Gasteiger partial charge < -0.3 is 30.2 Å². The Morgan fingerprint density at radius 2 is 0.767 bits per heavy atom. The van der Waals surface area contributed by atoms with Crippen LogP contribution in [0.2, 0.25) is 0 Å². The van der Waals surface area contributed by atoms with Crippen molar-refractivity contribution in [1.29, 1.82) is 0 Å². The Kier molecular flexibility index (Phi) is 12.9. The largest absolute Gasteiger partial charge is 0.396 e. The minimum Gasteiger partial charge on any atom is -0.396 e. The van der Waals surface area contributed by atoms with Crippen molar-refractivity contribution in [3.63, 3.8) is 0 Å². The molecule has 8 nitrogen and oxygen atoms in total. The lowest BCUT2D eigenvalue weighted by Gasteiger charge is -2.38.